The molecule has 3 aromatic rings. The van der Waals surface area contributed by atoms with E-state index >= 15 is 0 Å². The Kier molecular flexibility index (Phi) is 5.57. The van der Waals surface area contributed by atoms with E-state index in [0.29, 0.717) is 18.9 Å². The van der Waals surface area contributed by atoms with Crippen LogP contribution in [0.1, 0.15) is 48.8 Å². The number of aromatic hydroxyl groups is 1. The van der Waals surface area contributed by atoms with Crippen LogP contribution in [0.15, 0.2) is 36.4 Å². The molecule has 0 bridgehead atoms. The summed E-state index contributed by atoms with van der Waals surface area (Å²) in [5.41, 5.74) is 2.02. The zero-order valence-electron chi connectivity index (χ0n) is 17.9. The molecule has 1 saturated heterocycles. The van der Waals surface area contributed by atoms with Crippen molar-refractivity contribution in [1.82, 2.24) is 4.57 Å². The molecule has 2 fully saturated rings. The predicted octanol–water partition coefficient (Wildman–Crippen LogP) is 5.94. The molecule has 5 rings (SSSR count). The number of carbonyl (C=O) groups is 1. The lowest BCUT2D eigenvalue weighted by molar-refractivity contribution is -0.157. The summed E-state index contributed by atoms with van der Waals surface area (Å²) in [5, 5.41) is 20.7. The maximum atomic E-state index is 14.0. The number of aromatic nitrogens is 1. The van der Waals surface area contributed by atoms with Gasteiger partial charge in [0.1, 0.15) is 18.2 Å². The van der Waals surface area contributed by atoms with Gasteiger partial charge < -0.3 is 19.5 Å². The molecule has 0 unspecified atom stereocenters. The van der Waals surface area contributed by atoms with Crippen molar-refractivity contribution >= 4 is 28.5 Å². The van der Waals surface area contributed by atoms with Crippen LogP contribution in [0, 0.1) is 11.2 Å². The van der Waals surface area contributed by atoms with Crippen LogP contribution < -0.4 is 0 Å². The normalized spacial score (nSPS) is 23.5. The Morgan fingerprint density at radius 1 is 1.15 bits per heavy atom. The first kappa shape index (κ1) is 22.2. The first-order valence-electron chi connectivity index (χ1n) is 11.0. The highest BCUT2D eigenvalue weighted by Crippen LogP contribution is 2.56. The average molecular weight is 476 g/mol. The van der Waals surface area contributed by atoms with Crippen LogP contribution in [0.3, 0.4) is 0 Å². The van der Waals surface area contributed by atoms with E-state index in [9.17, 15) is 23.8 Å². The molecule has 2 N–H and O–H groups in total. The molecule has 33 heavy (non-hydrogen) atoms. The minimum Gasteiger partial charge on any atom is -0.508 e. The topological polar surface area (TPSA) is 71.7 Å². The van der Waals surface area contributed by atoms with Crippen molar-refractivity contribution in [3.63, 3.8) is 0 Å². The summed E-state index contributed by atoms with van der Waals surface area (Å²) in [7, 11) is 0. The van der Waals surface area contributed by atoms with Crippen LogP contribution in [0.25, 0.3) is 16.6 Å². The molecule has 0 atom stereocenters. The molecule has 1 aliphatic heterocycles. The highest BCUT2D eigenvalue weighted by molar-refractivity contribution is 6.30. The molecular formula is C25H24ClF2NO4. The summed E-state index contributed by atoms with van der Waals surface area (Å²) in [6.45, 7) is 0.271. The van der Waals surface area contributed by atoms with Gasteiger partial charge in [-0.3, -0.25) is 4.79 Å². The van der Waals surface area contributed by atoms with E-state index < -0.39 is 23.9 Å². The molecule has 1 aromatic heterocycles. The predicted molar refractivity (Wildman–Crippen MR) is 121 cm³/mol. The molecule has 2 heterocycles. The van der Waals surface area contributed by atoms with Crippen molar-refractivity contribution in [3.05, 3.63) is 58.5 Å². The molecule has 2 aliphatic rings. The van der Waals surface area contributed by atoms with Crippen LogP contribution in [0.2, 0.25) is 5.02 Å². The Balaban J connectivity index is 1.75. The smallest absolute Gasteiger partial charge is 0.312 e. The summed E-state index contributed by atoms with van der Waals surface area (Å²) >= 11 is 6.12. The van der Waals surface area contributed by atoms with Crippen molar-refractivity contribution in [2.45, 2.75) is 37.5 Å². The van der Waals surface area contributed by atoms with E-state index in [4.69, 9.17) is 16.3 Å². The van der Waals surface area contributed by atoms with E-state index in [0.717, 1.165) is 35.0 Å². The lowest BCUT2D eigenvalue weighted by Gasteiger charge is -2.43. The standard InChI is InChI=1S/C25H24ClF2NO4/c26-19-9-16(1-3-20(19)28)29-21-4-2-17(30)10-18(21)22(23(29)14-5-7-33-8-6-14)15-11-25(12-15,13-27)24(31)32/h1-4,9-10,14-15,30H,5-8,11-13H2,(H,31,32)/t15-,25+. The fourth-order valence-corrected chi connectivity index (χ4v) is 5.63. The van der Waals surface area contributed by atoms with Gasteiger partial charge in [-0.15, -0.1) is 0 Å². The number of benzene rings is 2. The zero-order valence-corrected chi connectivity index (χ0v) is 18.6. The second kappa shape index (κ2) is 8.29. The van der Waals surface area contributed by atoms with E-state index in [1.165, 1.54) is 6.07 Å². The number of halogens is 3. The number of aliphatic carboxylic acids is 1. The van der Waals surface area contributed by atoms with Gasteiger partial charge in [-0.2, -0.15) is 0 Å². The van der Waals surface area contributed by atoms with Crippen molar-refractivity contribution < 1.29 is 28.5 Å². The van der Waals surface area contributed by atoms with Gasteiger partial charge in [-0.1, -0.05) is 11.6 Å². The summed E-state index contributed by atoms with van der Waals surface area (Å²) in [6.07, 6.45) is 1.91. The number of alkyl halides is 1. The number of rotatable bonds is 5. The van der Waals surface area contributed by atoms with Gasteiger partial charge in [0.2, 0.25) is 0 Å². The van der Waals surface area contributed by atoms with E-state index in [-0.39, 0.29) is 35.4 Å². The van der Waals surface area contributed by atoms with Crippen molar-refractivity contribution in [2.24, 2.45) is 5.41 Å². The Hall–Kier alpha value is -2.64. The number of hydrogen-bond acceptors (Lipinski definition) is 3. The molecule has 0 amide bonds. The molecule has 1 aliphatic carbocycles. The summed E-state index contributed by atoms with van der Waals surface area (Å²) < 4.78 is 35.3. The van der Waals surface area contributed by atoms with Crippen molar-refractivity contribution in [2.75, 3.05) is 19.9 Å². The van der Waals surface area contributed by atoms with Gasteiger partial charge in [0, 0.05) is 35.9 Å². The number of phenols is 1. The van der Waals surface area contributed by atoms with Crippen LogP contribution in [-0.4, -0.2) is 40.6 Å². The van der Waals surface area contributed by atoms with Gasteiger partial charge in [-0.05, 0) is 73.6 Å². The number of phenolic OH excluding ortho intramolecular Hbond substituents is 1. The second-order valence-electron chi connectivity index (χ2n) is 9.15. The van der Waals surface area contributed by atoms with Gasteiger partial charge in [0.05, 0.1) is 16.0 Å². The van der Waals surface area contributed by atoms with Crippen LogP contribution in [0.4, 0.5) is 8.78 Å². The highest BCUT2D eigenvalue weighted by atomic mass is 35.5. The van der Waals surface area contributed by atoms with Gasteiger partial charge >= 0.3 is 5.97 Å². The zero-order chi connectivity index (χ0) is 23.3. The number of hydrogen-bond donors (Lipinski definition) is 2. The first-order valence-corrected chi connectivity index (χ1v) is 11.4. The first-order chi connectivity index (χ1) is 15.8. The molecule has 174 valence electrons. The lowest BCUT2D eigenvalue weighted by Crippen LogP contribution is -2.44. The maximum absolute atomic E-state index is 14.0. The van der Waals surface area contributed by atoms with E-state index in [2.05, 4.69) is 0 Å². The van der Waals surface area contributed by atoms with Crippen LogP contribution >= 0.6 is 11.6 Å². The fraction of sp³-hybridized carbons (Fsp3) is 0.400. The molecule has 8 heteroatoms. The number of ether oxygens (including phenoxy) is 1. The number of nitrogens with zero attached hydrogens (tertiary/aromatic N) is 1. The van der Waals surface area contributed by atoms with E-state index in [1.807, 2.05) is 4.57 Å². The quantitative estimate of drug-likeness (QED) is 0.479. The van der Waals surface area contributed by atoms with Gasteiger partial charge in [0.15, 0.2) is 0 Å². The molecule has 0 radical (unpaired) electrons. The van der Waals surface area contributed by atoms with Crippen LogP contribution in [0.5, 0.6) is 5.75 Å². The largest absolute Gasteiger partial charge is 0.508 e. The van der Waals surface area contributed by atoms with Crippen molar-refractivity contribution in [1.29, 1.82) is 0 Å². The van der Waals surface area contributed by atoms with Gasteiger partial charge in [-0.25, -0.2) is 8.78 Å². The fourth-order valence-electron chi connectivity index (χ4n) is 5.46. The average Bonchev–Trinajstić information content (AvgIpc) is 3.10. The molecule has 5 nitrogen and oxygen atoms in total. The minimum atomic E-state index is -1.37. The Morgan fingerprint density at radius 3 is 2.52 bits per heavy atom. The van der Waals surface area contributed by atoms with Crippen molar-refractivity contribution in [3.8, 4) is 11.4 Å². The Labute approximate surface area is 194 Å². The highest BCUT2D eigenvalue weighted by Gasteiger charge is 2.52. The van der Waals surface area contributed by atoms with Crippen LogP contribution in [-0.2, 0) is 9.53 Å². The third kappa shape index (κ3) is 3.58. The lowest BCUT2D eigenvalue weighted by atomic mass is 9.59. The summed E-state index contributed by atoms with van der Waals surface area (Å²) in [5.74, 6) is -1.61. The summed E-state index contributed by atoms with van der Waals surface area (Å²) in [6, 6.07) is 9.60. The number of carboxylic acid groups (broad SMARTS) is 1. The SMILES string of the molecule is O=C(O)[C@]1(CF)C[C@H](c2c(C3CCOCC3)n(-c3ccc(F)c(Cl)c3)c3ccc(O)cc32)C1. The Morgan fingerprint density at radius 2 is 1.88 bits per heavy atom. The third-order valence-corrected chi connectivity index (χ3v) is 7.48. The molecule has 2 aromatic carbocycles. The number of fused-ring (bicyclic) bond motifs is 1. The summed E-state index contributed by atoms with van der Waals surface area (Å²) in [4.78, 5) is 11.8. The van der Waals surface area contributed by atoms with Gasteiger partial charge in [0.25, 0.3) is 0 Å². The molecule has 1 saturated carbocycles. The number of carboxylic acids is 1. The molecule has 0 spiro atoms. The second-order valence-corrected chi connectivity index (χ2v) is 9.55. The Bertz CT molecular complexity index is 1230. The third-order valence-electron chi connectivity index (χ3n) is 7.19. The minimum absolute atomic E-state index is 0.00132. The monoisotopic (exact) mass is 475 g/mol. The molecular weight excluding hydrogens is 452 g/mol. The maximum Gasteiger partial charge on any atom is 0.312 e. The van der Waals surface area contributed by atoms with E-state index in [1.54, 1.807) is 30.3 Å².